The first kappa shape index (κ1) is 36.1. The molecule has 2 N–H and O–H groups in total. The minimum atomic E-state index is -4.96. The molecule has 5 aromatic rings. The molecular weight excluding hydrogens is 681 g/mol. The molecule has 0 aromatic heterocycles. The fourth-order valence-electron chi connectivity index (χ4n) is 6.71. The summed E-state index contributed by atoms with van der Waals surface area (Å²) in [5.41, 5.74) is 3.52. The van der Waals surface area contributed by atoms with Gasteiger partial charge in [-0.2, -0.15) is 26.3 Å². The molecule has 0 unspecified atom stereocenters. The van der Waals surface area contributed by atoms with Gasteiger partial charge >= 0.3 is 12.4 Å². The normalized spacial score (nSPS) is 16.5. The van der Waals surface area contributed by atoms with Gasteiger partial charge in [-0.1, -0.05) is 122 Å². The average Bonchev–Trinajstić information content (AvgIpc) is 3.12. The monoisotopic (exact) mass is 717 g/mol. The van der Waals surface area contributed by atoms with Crippen LogP contribution in [0.5, 0.6) is 0 Å². The smallest absolute Gasteiger partial charge is 0.358 e. The highest BCUT2D eigenvalue weighted by atomic mass is 32.1. The lowest BCUT2D eigenvalue weighted by molar-refractivity contribution is -0.143. The van der Waals surface area contributed by atoms with E-state index in [1.807, 2.05) is 36.4 Å². The minimum Gasteiger partial charge on any atom is -0.358 e. The number of anilines is 1. The number of hydrogen-bond acceptors (Lipinski definition) is 2. The van der Waals surface area contributed by atoms with Gasteiger partial charge in [-0.25, -0.2) is 0 Å². The predicted octanol–water partition coefficient (Wildman–Crippen LogP) is 11.4. The van der Waals surface area contributed by atoms with Gasteiger partial charge in [-0.05, 0) is 76.6 Å². The molecule has 0 heterocycles. The van der Waals surface area contributed by atoms with E-state index in [9.17, 15) is 26.3 Å². The van der Waals surface area contributed by atoms with Crippen molar-refractivity contribution in [3.8, 4) is 22.3 Å². The van der Waals surface area contributed by atoms with Crippen LogP contribution in [0.15, 0.2) is 127 Å². The Morgan fingerprint density at radius 3 is 1.47 bits per heavy atom. The summed E-state index contributed by atoms with van der Waals surface area (Å²) >= 11 is 5.51. The number of halogens is 6. The Hall–Kier alpha value is -4.67. The van der Waals surface area contributed by atoms with E-state index in [1.54, 1.807) is 0 Å². The van der Waals surface area contributed by atoms with Crippen LogP contribution in [0.1, 0.15) is 47.9 Å². The highest BCUT2D eigenvalue weighted by Gasteiger charge is 2.37. The molecule has 264 valence electrons. The second-order valence-corrected chi connectivity index (χ2v) is 13.3. The molecule has 0 amide bonds. The number of nitrogens with one attached hydrogen (secondary N) is 2. The molecule has 1 fully saturated rings. The summed E-state index contributed by atoms with van der Waals surface area (Å²) in [5, 5.41) is 5.85. The molecule has 2 atom stereocenters. The van der Waals surface area contributed by atoms with Crippen LogP contribution < -0.4 is 10.6 Å². The zero-order valence-electron chi connectivity index (χ0n) is 27.6. The molecule has 1 aliphatic carbocycles. The van der Waals surface area contributed by atoms with Crippen molar-refractivity contribution in [3.05, 3.63) is 150 Å². The summed E-state index contributed by atoms with van der Waals surface area (Å²) in [6.45, 7) is 1.25. The van der Waals surface area contributed by atoms with Crippen LogP contribution in [0.4, 0.5) is 32.0 Å². The summed E-state index contributed by atoms with van der Waals surface area (Å²) < 4.78 is 81.1. The number of rotatable bonds is 9. The maximum atomic E-state index is 13.5. The first-order valence-corrected chi connectivity index (χ1v) is 17.2. The zero-order chi connectivity index (χ0) is 36.0. The zero-order valence-corrected chi connectivity index (χ0v) is 28.5. The predicted molar refractivity (Wildman–Crippen MR) is 195 cm³/mol. The van der Waals surface area contributed by atoms with E-state index < -0.39 is 23.5 Å². The third kappa shape index (κ3) is 9.56. The van der Waals surface area contributed by atoms with Gasteiger partial charge < -0.3 is 10.6 Å². The summed E-state index contributed by atoms with van der Waals surface area (Å²) in [6.07, 6.45) is -6.46. The Labute approximate surface area is 299 Å². The Morgan fingerprint density at radius 1 is 0.588 bits per heavy atom. The lowest BCUT2D eigenvalue weighted by Gasteiger charge is -2.41. The molecule has 0 spiro atoms. The average molecular weight is 718 g/mol. The van der Waals surface area contributed by atoms with Crippen LogP contribution in [-0.2, 0) is 25.4 Å². The van der Waals surface area contributed by atoms with Gasteiger partial charge in [0.15, 0.2) is 5.11 Å². The van der Waals surface area contributed by atoms with Crippen LogP contribution in [-0.4, -0.2) is 22.1 Å². The molecular formula is C41H37F6N3S. The molecule has 0 saturated heterocycles. The Morgan fingerprint density at radius 2 is 1.02 bits per heavy atom. The van der Waals surface area contributed by atoms with Crippen molar-refractivity contribution < 1.29 is 26.3 Å². The quantitative estimate of drug-likeness (QED) is 0.117. The van der Waals surface area contributed by atoms with Crippen molar-refractivity contribution in [3.63, 3.8) is 0 Å². The molecule has 1 aliphatic rings. The number of alkyl halides is 6. The first-order chi connectivity index (χ1) is 24.4. The molecule has 6 rings (SSSR count). The maximum absolute atomic E-state index is 13.5. The first-order valence-electron chi connectivity index (χ1n) is 16.8. The van der Waals surface area contributed by atoms with Gasteiger partial charge in [0.05, 0.1) is 11.1 Å². The van der Waals surface area contributed by atoms with E-state index in [-0.39, 0.29) is 28.9 Å². The van der Waals surface area contributed by atoms with Crippen molar-refractivity contribution in [1.29, 1.82) is 0 Å². The number of nitrogens with zero attached hydrogens (tertiary/aromatic N) is 1. The lowest BCUT2D eigenvalue weighted by Crippen LogP contribution is -2.53. The van der Waals surface area contributed by atoms with Crippen molar-refractivity contribution in [2.24, 2.45) is 0 Å². The highest BCUT2D eigenvalue weighted by Crippen LogP contribution is 2.38. The van der Waals surface area contributed by atoms with Gasteiger partial charge in [0.25, 0.3) is 0 Å². The van der Waals surface area contributed by atoms with Crippen molar-refractivity contribution >= 4 is 23.0 Å². The van der Waals surface area contributed by atoms with Gasteiger partial charge in [-0.15, -0.1) is 0 Å². The van der Waals surface area contributed by atoms with Gasteiger partial charge in [0.1, 0.15) is 0 Å². The molecule has 5 aromatic carbocycles. The second kappa shape index (κ2) is 15.7. The minimum absolute atomic E-state index is 0.0201. The molecule has 1 saturated carbocycles. The maximum Gasteiger partial charge on any atom is 0.416 e. The van der Waals surface area contributed by atoms with Crippen LogP contribution in [0.2, 0.25) is 0 Å². The number of benzene rings is 5. The SMILES string of the molecule is FC(F)(F)c1cc(NC(=S)N[C@@H]2CCCC[C@H]2N(Cc2ccc(-c3ccccc3)cc2)Cc2ccc(-c3ccccc3)cc2)cc(C(F)(F)F)c1. The lowest BCUT2D eigenvalue weighted by atomic mass is 9.88. The fraction of sp³-hybridized carbons (Fsp3) is 0.244. The van der Waals surface area contributed by atoms with Crippen LogP contribution in [0, 0.1) is 0 Å². The molecule has 3 nitrogen and oxygen atoms in total. The molecule has 51 heavy (non-hydrogen) atoms. The van der Waals surface area contributed by atoms with Gasteiger partial charge in [0, 0.05) is 30.9 Å². The summed E-state index contributed by atoms with van der Waals surface area (Å²) in [4.78, 5) is 2.39. The highest BCUT2D eigenvalue weighted by molar-refractivity contribution is 7.80. The van der Waals surface area contributed by atoms with E-state index >= 15 is 0 Å². The van der Waals surface area contributed by atoms with E-state index in [1.165, 1.54) is 0 Å². The third-order valence-electron chi connectivity index (χ3n) is 9.25. The number of thiocarbonyl (C=S) groups is 1. The van der Waals surface area contributed by atoms with E-state index in [2.05, 4.69) is 88.3 Å². The van der Waals surface area contributed by atoms with Crippen molar-refractivity contribution in [1.82, 2.24) is 10.2 Å². The molecule has 0 radical (unpaired) electrons. The standard InChI is InChI=1S/C41H37F6N3S/c42-40(43,44)34-23-35(41(45,46)47)25-36(24-34)48-39(51)49-37-13-7-8-14-38(37)50(26-28-15-19-32(20-16-28)30-9-3-1-4-10-30)27-29-17-21-33(22-18-29)31-11-5-2-6-12-31/h1-6,9-12,15-25,37-38H,7-8,13-14,26-27H2,(H2,48,49,51)/t37-,38-/m1/s1. The van der Waals surface area contributed by atoms with E-state index in [4.69, 9.17) is 12.2 Å². The third-order valence-corrected chi connectivity index (χ3v) is 9.47. The number of hydrogen-bond donors (Lipinski definition) is 2. The largest absolute Gasteiger partial charge is 0.416 e. The van der Waals surface area contributed by atoms with Crippen LogP contribution >= 0.6 is 12.2 Å². The summed E-state index contributed by atoms with van der Waals surface area (Å²) in [7, 11) is 0. The molecule has 0 bridgehead atoms. The van der Waals surface area contributed by atoms with E-state index in [0.29, 0.717) is 25.2 Å². The Bertz CT molecular complexity index is 1780. The van der Waals surface area contributed by atoms with Gasteiger partial charge in [0.2, 0.25) is 0 Å². The van der Waals surface area contributed by atoms with Crippen molar-refractivity contribution in [2.45, 2.75) is 63.2 Å². The van der Waals surface area contributed by atoms with Crippen molar-refractivity contribution in [2.75, 3.05) is 5.32 Å². The summed E-state index contributed by atoms with van der Waals surface area (Å²) in [5.74, 6) is 0. The second-order valence-electron chi connectivity index (χ2n) is 12.9. The Kier molecular flexibility index (Phi) is 11.1. The summed E-state index contributed by atoms with van der Waals surface area (Å²) in [6, 6.07) is 38.4. The topological polar surface area (TPSA) is 27.3 Å². The van der Waals surface area contributed by atoms with Crippen LogP contribution in [0.25, 0.3) is 22.3 Å². The fourth-order valence-corrected chi connectivity index (χ4v) is 6.97. The van der Waals surface area contributed by atoms with E-state index in [0.717, 1.165) is 59.1 Å². The Balaban J connectivity index is 1.24. The van der Waals surface area contributed by atoms with Crippen LogP contribution in [0.3, 0.4) is 0 Å². The van der Waals surface area contributed by atoms with Gasteiger partial charge in [-0.3, -0.25) is 4.90 Å². The molecule has 10 heteroatoms. The molecule has 0 aliphatic heterocycles.